The van der Waals surface area contributed by atoms with E-state index in [-0.39, 0.29) is 10.5 Å². The summed E-state index contributed by atoms with van der Waals surface area (Å²) in [5, 5.41) is 0.257. The standard InChI is InChI=1S/C16H20OSSi/c1-16(2)11-15(17)18-14-10-12(6-7-13(14)16)8-9-19(3,4)5/h6-7,10H,11H2,1-5H3. The SMILES string of the molecule is CC1(C)CC(=O)Sc2cc(C#C[Si](C)(C)C)ccc21. The number of hydrogen-bond acceptors (Lipinski definition) is 2. The zero-order valence-corrected chi connectivity index (χ0v) is 14.1. The van der Waals surface area contributed by atoms with E-state index in [1.165, 1.54) is 17.3 Å². The van der Waals surface area contributed by atoms with Gasteiger partial charge in [-0.25, -0.2) is 0 Å². The van der Waals surface area contributed by atoms with E-state index in [1.54, 1.807) is 0 Å². The zero-order valence-electron chi connectivity index (χ0n) is 12.3. The molecule has 0 aliphatic carbocycles. The van der Waals surface area contributed by atoms with Crippen LogP contribution < -0.4 is 0 Å². The maximum absolute atomic E-state index is 11.8. The average molecular weight is 288 g/mol. The van der Waals surface area contributed by atoms with Crippen molar-refractivity contribution in [1.82, 2.24) is 0 Å². The Morgan fingerprint density at radius 1 is 1.26 bits per heavy atom. The number of carbonyl (C=O) groups excluding carboxylic acids is 1. The maximum Gasteiger partial charge on any atom is 0.194 e. The van der Waals surface area contributed by atoms with Crippen LogP contribution in [0.4, 0.5) is 0 Å². The third-order valence-electron chi connectivity index (χ3n) is 3.10. The van der Waals surface area contributed by atoms with Gasteiger partial charge in [0.2, 0.25) is 0 Å². The van der Waals surface area contributed by atoms with Crippen molar-refractivity contribution in [3.8, 4) is 11.5 Å². The molecule has 0 spiro atoms. The number of thioether (sulfide) groups is 1. The second kappa shape index (κ2) is 4.85. The molecule has 100 valence electrons. The first-order valence-electron chi connectivity index (χ1n) is 6.56. The molecule has 19 heavy (non-hydrogen) atoms. The third kappa shape index (κ3) is 3.52. The second-order valence-electron chi connectivity index (χ2n) is 6.75. The number of fused-ring (bicyclic) bond motifs is 1. The minimum Gasteiger partial charge on any atom is -0.287 e. The second-order valence-corrected chi connectivity index (χ2v) is 12.6. The molecule has 1 aromatic carbocycles. The lowest BCUT2D eigenvalue weighted by Crippen LogP contribution is -2.25. The first-order valence-corrected chi connectivity index (χ1v) is 10.9. The highest BCUT2D eigenvalue weighted by molar-refractivity contribution is 8.13. The summed E-state index contributed by atoms with van der Waals surface area (Å²) < 4.78 is 0. The van der Waals surface area contributed by atoms with Crippen LogP contribution in [0.25, 0.3) is 0 Å². The molecular weight excluding hydrogens is 268 g/mol. The van der Waals surface area contributed by atoms with Crippen LogP contribution in [0.1, 0.15) is 31.4 Å². The Morgan fingerprint density at radius 2 is 1.95 bits per heavy atom. The van der Waals surface area contributed by atoms with E-state index in [1.807, 2.05) is 0 Å². The van der Waals surface area contributed by atoms with Gasteiger partial charge in [-0.3, -0.25) is 4.79 Å². The van der Waals surface area contributed by atoms with Crippen molar-refractivity contribution >= 4 is 25.0 Å². The monoisotopic (exact) mass is 288 g/mol. The molecule has 1 heterocycles. The van der Waals surface area contributed by atoms with Gasteiger partial charge < -0.3 is 0 Å². The minimum atomic E-state index is -1.35. The van der Waals surface area contributed by atoms with Gasteiger partial charge in [0, 0.05) is 16.9 Å². The van der Waals surface area contributed by atoms with Crippen LogP contribution >= 0.6 is 11.8 Å². The Morgan fingerprint density at radius 3 is 2.58 bits per heavy atom. The lowest BCUT2D eigenvalue weighted by atomic mass is 9.81. The molecule has 0 fully saturated rings. The Bertz CT molecular complexity index is 585. The van der Waals surface area contributed by atoms with Gasteiger partial charge in [-0.15, -0.1) is 5.54 Å². The Hall–Kier alpha value is -0.983. The quantitative estimate of drug-likeness (QED) is 0.525. The van der Waals surface area contributed by atoms with Crippen molar-refractivity contribution in [1.29, 1.82) is 0 Å². The summed E-state index contributed by atoms with van der Waals surface area (Å²) in [5.74, 6) is 3.26. The number of carbonyl (C=O) groups is 1. The predicted molar refractivity (Wildman–Crippen MR) is 85.2 cm³/mol. The number of benzene rings is 1. The summed E-state index contributed by atoms with van der Waals surface area (Å²) in [6.07, 6.45) is 0.616. The molecule has 0 aromatic heterocycles. The van der Waals surface area contributed by atoms with Crippen LogP contribution in [0.3, 0.4) is 0 Å². The summed E-state index contributed by atoms with van der Waals surface area (Å²) in [6, 6.07) is 6.30. The van der Waals surface area contributed by atoms with E-state index in [0.29, 0.717) is 6.42 Å². The zero-order chi connectivity index (χ0) is 14.3. The molecule has 0 N–H and O–H groups in total. The molecule has 0 unspecified atom stereocenters. The Kier molecular flexibility index (Phi) is 3.68. The lowest BCUT2D eigenvalue weighted by Gasteiger charge is -2.30. The molecule has 1 nitrogen and oxygen atoms in total. The van der Waals surface area contributed by atoms with Crippen LogP contribution in [-0.4, -0.2) is 13.2 Å². The van der Waals surface area contributed by atoms with Gasteiger partial charge in [0.25, 0.3) is 0 Å². The number of rotatable bonds is 0. The Labute approximate surface area is 121 Å². The van der Waals surface area contributed by atoms with Gasteiger partial charge in [0.05, 0.1) is 0 Å². The van der Waals surface area contributed by atoms with Crippen molar-refractivity contribution in [3.63, 3.8) is 0 Å². The van der Waals surface area contributed by atoms with Crippen LogP contribution in [0.2, 0.25) is 19.6 Å². The highest BCUT2D eigenvalue weighted by Crippen LogP contribution is 2.42. The van der Waals surface area contributed by atoms with Gasteiger partial charge in [0.1, 0.15) is 8.07 Å². The fourth-order valence-electron chi connectivity index (χ4n) is 2.12. The van der Waals surface area contributed by atoms with E-state index in [0.717, 1.165) is 10.5 Å². The van der Waals surface area contributed by atoms with Crippen molar-refractivity contribution in [2.45, 2.75) is 50.2 Å². The van der Waals surface area contributed by atoms with Crippen LogP contribution in [-0.2, 0) is 10.2 Å². The molecule has 0 saturated carbocycles. The summed E-state index contributed by atoms with van der Waals surface area (Å²) in [6.45, 7) is 11.0. The molecule has 0 saturated heterocycles. The topological polar surface area (TPSA) is 17.1 Å². The lowest BCUT2D eigenvalue weighted by molar-refractivity contribution is -0.112. The highest BCUT2D eigenvalue weighted by atomic mass is 32.2. The first kappa shape index (κ1) is 14.4. The van der Waals surface area contributed by atoms with E-state index >= 15 is 0 Å². The molecule has 1 aromatic rings. The first-order chi connectivity index (χ1) is 8.67. The van der Waals surface area contributed by atoms with Gasteiger partial charge in [-0.2, -0.15) is 0 Å². The molecule has 0 radical (unpaired) electrons. The fraction of sp³-hybridized carbons (Fsp3) is 0.438. The molecule has 0 bridgehead atoms. The minimum absolute atomic E-state index is 0.0532. The van der Waals surface area contributed by atoms with Gasteiger partial charge >= 0.3 is 0 Å². The fourth-order valence-corrected chi connectivity index (χ4v) is 3.96. The molecule has 1 aliphatic rings. The van der Waals surface area contributed by atoms with Gasteiger partial charge in [-0.1, -0.05) is 57.2 Å². The number of hydrogen-bond donors (Lipinski definition) is 0. The predicted octanol–water partition coefficient (Wildman–Crippen LogP) is 4.22. The Balaban J connectivity index is 2.41. The van der Waals surface area contributed by atoms with Gasteiger partial charge in [-0.05, 0) is 23.1 Å². The van der Waals surface area contributed by atoms with Crippen molar-refractivity contribution in [2.24, 2.45) is 0 Å². The smallest absolute Gasteiger partial charge is 0.194 e. The summed E-state index contributed by atoms with van der Waals surface area (Å²) in [5.41, 5.74) is 5.62. The van der Waals surface area contributed by atoms with Crippen LogP contribution in [0.15, 0.2) is 23.1 Å². The summed E-state index contributed by atoms with van der Waals surface area (Å²) in [4.78, 5) is 12.9. The van der Waals surface area contributed by atoms with Crippen LogP contribution in [0, 0.1) is 11.5 Å². The third-order valence-corrected chi connectivity index (χ3v) is 4.91. The van der Waals surface area contributed by atoms with E-state index in [4.69, 9.17) is 0 Å². The largest absolute Gasteiger partial charge is 0.287 e. The maximum atomic E-state index is 11.8. The average Bonchev–Trinajstić information content (AvgIpc) is 2.23. The molecule has 1 aliphatic heterocycles. The van der Waals surface area contributed by atoms with Crippen molar-refractivity contribution < 1.29 is 4.79 Å². The van der Waals surface area contributed by atoms with E-state index in [9.17, 15) is 4.79 Å². The molecule has 3 heteroatoms. The van der Waals surface area contributed by atoms with E-state index in [2.05, 4.69) is 63.2 Å². The molecule has 0 atom stereocenters. The van der Waals surface area contributed by atoms with Crippen molar-refractivity contribution in [2.75, 3.05) is 0 Å². The molecular formula is C16H20OSSi. The van der Waals surface area contributed by atoms with E-state index < -0.39 is 8.07 Å². The van der Waals surface area contributed by atoms with Gasteiger partial charge in [0.15, 0.2) is 5.12 Å². The highest BCUT2D eigenvalue weighted by Gasteiger charge is 2.32. The molecule has 0 amide bonds. The summed E-state index contributed by atoms with van der Waals surface area (Å²) in [7, 11) is -1.35. The van der Waals surface area contributed by atoms with Crippen LogP contribution in [0.5, 0.6) is 0 Å². The van der Waals surface area contributed by atoms with Crippen molar-refractivity contribution in [3.05, 3.63) is 29.3 Å². The molecule has 2 rings (SSSR count). The summed E-state index contributed by atoms with van der Waals surface area (Å²) >= 11 is 1.37. The normalized spacial score (nSPS) is 17.4.